The standard InChI is InChI=1S/C14H17ClN6/c1-9-8-13(18-11-4-2-10(15)3-5-11)21-14(17-9)19-12(20-21)6-7-16/h2-5,8,12,20H,6-7,16H2,1H3,(H,17,19). The van der Waals surface area contributed by atoms with Crippen molar-refractivity contribution in [2.24, 2.45) is 10.7 Å². The van der Waals surface area contributed by atoms with Gasteiger partial charge in [-0.1, -0.05) is 11.6 Å². The summed E-state index contributed by atoms with van der Waals surface area (Å²) in [7, 11) is 0. The summed E-state index contributed by atoms with van der Waals surface area (Å²) in [5.41, 5.74) is 11.4. The van der Waals surface area contributed by atoms with Gasteiger partial charge in [0.25, 0.3) is 0 Å². The second kappa shape index (κ2) is 5.75. The molecule has 2 aromatic rings. The van der Waals surface area contributed by atoms with E-state index in [2.05, 4.69) is 20.7 Å². The van der Waals surface area contributed by atoms with Crippen LogP contribution in [0.3, 0.4) is 0 Å². The highest BCUT2D eigenvalue weighted by Crippen LogP contribution is 2.16. The first kappa shape index (κ1) is 13.9. The van der Waals surface area contributed by atoms with E-state index in [1.807, 2.05) is 41.9 Å². The number of nitrogens with zero attached hydrogens (tertiary/aromatic N) is 3. The first-order valence-electron chi connectivity index (χ1n) is 6.80. The van der Waals surface area contributed by atoms with Gasteiger partial charge in [0.2, 0.25) is 5.95 Å². The van der Waals surface area contributed by atoms with Crippen LogP contribution in [0, 0.1) is 6.92 Å². The molecule has 0 radical (unpaired) electrons. The van der Waals surface area contributed by atoms with Gasteiger partial charge in [-0.25, -0.2) is 14.7 Å². The zero-order valence-electron chi connectivity index (χ0n) is 11.7. The number of anilines is 1. The van der Waals surface area contributed by atoms with Gasteiger partial charge in [-0.3, -0.25) is 5.43 Å². The van der Waals surface area contributed by atoms with E-state index in [0.29, 0.717) is 11.6 Å². The zero-order chi connectivity index (χ0) is 14.8. The second-order valence-corrected chi connectivity index (χ2v) is 5.34. The molecule has 1 aliphatic rings. The van der Waals surface area contributed by atoms with Crippen LogP contribution >= 0.6 is 11.6 Å². The van der Waals surface area contributed by atoms with Crippen molar-refractivity contribution < 1.29 is 0 Å². The van der Waals surface area contributed by atoms with Crippen LogP contribution in [-0.4, -0.2) is 22.4 Å². The predicted octanol–water partition coefficient (Wildman–Crippen LogP) is 1.72. The number of nitrogens with one attached hydrogen (secondary N) is 2. The van der Waals surface area contributed by atoms with E-state index in [1.165, 1.54) is 0 Å². The Hall–Kier alpha value is -2.05. The fraction of sp³-hybridized carbons (Fsp3) is 0.286. The highest BCUT2D eigenvalue weighted by atomic mass is 35.5. The Morgan fingerprint density at radius 3 is 2.86 bits per heavy atom. The highest BCUT2D eigenvalue weighted by Gasteiger charge is 2.20. The molecule has 1 atom stereocenters. The molecule has 0 bridgehead atoms. The van der Waals surface area contributed by atoms with E-state index in [0.717, 1.165) is 29.2 Å². The smallest absolute Gasteiger partial charge is 0.225 e. The van der Waals surface area contributed by atoms with E-state index >= 15 is 0 Å². The maximum absolute atomic E-state index is 5.90. The normalized spacial score (nSPS) is 17.3. The minimum absolute atomic E-state index is 0.0727. The Morgan fingerprint density at radius 1 is 1.38 bits per heavy atom. The van der Waals surface area contributed by atoms with E-state index in [1.54, 1.807) is 0 Å². The van der Waals surface area contributed by atoms with Gasteiger partial charge in [-0.15, -0.1) is 0 Å². The van der Waals surface area contributed by atoms with Crippen molar-refractivity contribution in [3.63, 3.8) is 0 Å². The molecule has 2 heterocycles. The number of hydrogen-bond donors (Lipinski definition) is 3. The Bertz CT molecular complexity index is 706. The number of aryl methyl sites for hydroxylation is 1. The SMILES string of the molecule is Cc1cc(=Nc2ccc(Cl)cc2)n2c(n1)NC(CCN)N2. The molecule has 6 nitrogen and oxygen atoms in total. The van der Waals surface area contributed by atoms with E-state index in [4.69, 9.17) is 17.3 Å². The molecule has 110 valence electrons. The van der Waals surface area contributed by atoms with Gasteiger partial charge in [0.05, 0.1) is 5.69 Å². The van der Waals surface area contributed by atoms with Gasteiger partial charge in [0, 0.05) is 16.8 Å². The molecule has 0 spiro atoms. The van der Waals surface area contributed by atoms with Crippen molar-refractivity contribution in [3.8, 4) is 0 Å². The van der Waals surface area contributed by atoms with Crippen LogP contribution in [0.1, 0.15) is 12.1 Å². The summed E-state index contributed by atoms with van der Waals surface area (Å²) in [6.07, 6.45) is 0.881. The van der Waals surface area contributed by atoms with Gasteiger partial charge >= 0.3 is 0 Å². The molecule has 1 aliphatic heterocycles. The van der Waals surface area contributed by atoms with Crippen LogP contribution in [0.2, 0.25) is 5.02 Å². The third-order valence-electron chi connectivity index (χ3n) is 3.18. The van der Waals surface area contributed by atoms with Crippen LogP contribution in [0.15, 0.2) is 35.3 Å². The molecule has 0 saturated carbocycles. The van der Waals surface area contributed by atoms with Crippen LogP contribution in [0.25, 0.3) is 0 Å². The van der Waals surface area contributed by atoms with E-state index in [-0.39, 0.29) is 6.17 Å². The lowest BCUT2D eigenvalue weighted by molar-refractivity contribution is 0.693. The number of halogens is 1. The lowest BCUT2D eigenvalue weighted by Crippen LogP contribution is -2.32. The average molecular weight is 305 g/mol. The number of rotatable bonds is 3. The summed E-state index contributed by atoms with van der Waals surface area (Å²) in [5.74, 6) is 0.751. The molecular weight excluding hydrogens is 288 g/mol. The molecule has 0 fully saturated rings. The van der Waals surface area contributed by atoms with Gasteiger partial charge in [0.1, 0.15) is 6.17 Å². The lowest BCUT2D eigenvalue weighted by atomic mass is 10.3. The molecule has 1 unspecified atom stereocenters. The number of fused-ring (bicyclic) bond motifs is 1. The molecule has 4 N–H and O–H groups in total. The summed E-state index contributed by atoms with van der Waals surface area (Å²) in [6.45, 7) is 2.54. The van der Waals surface area contributed by atoms with Crippen molar-refractivity contribution in [2.75, 3.05) is 17.3 Å². The molecule has 7 heteroatoms. The summed E-state index contributed by atoms with van der Waals surface area (Å²) < 4.78 is 1.85. The first-order chi connectivity index (χ1) is 10.2. The Kier molecular flexibility index (Phi) is 3.81. The van der Waals surface area contributed by atoms with Crippen LogP contribution < -0.4 is 22.0 Å². The lowest BCUT2D eigenvalue weighted by Gasteiger charge is -2.09. The number of hydrogen-bond acceptors (Lipinski definition) is 5. The van der Waals surface area contributed by atoms with E-state index in [9.17, 15) is 0 Å². The molecule has 3 rings (SSSR count). The quantitative estimate of drug-likeness (QED) is 0.806. The molecule has 0 amide bonds. The summed E-state index contributed by atoms with van der Waals surface area (Å²) in [5, 5.41) is 3.99. The largest absolute Gasteiger partial charge is 0.333 e. The van der Waals surface area contributed by atoms with E-state index < -0.39 is 0 Å². The average Bonchev–Trinajstić information content (AvgIpc) is 2.84. The minimum Gasteiger partial charge on any atom is -0.333 e. The van der Waals surface area contributed by atoms with Crippen LogP contribution in [0.4, 0.5) is 11.6 Å². The third kappa shape index (κ3) is 3.01. The fourth-order valence-corrected chi connectivity index (χ4v) is 2.34. The molecule has 1 aromatic carbocycles. The van der Waals surface area contributed by atoms with Crippen molar-refractivity contribution >= 4 is 23.2 Å². The monoisotopic (exact) mass is 304 g/mol. The maximum atomic E-state index is 5.90. The summed E-state index contributed by atoms with van der Waals surface area (Å²) >= 11 is 5.90. The zero-order valence-corrected chi connectivity index (χ0v) is 12.4. The Labute approximate surface area is 127 Å². The van der Waals surface area contributed by atoms with Crippen molar-refractivity contribution in [1.82, 2.24) is 9.66 Å². The highest BCUT2D eigenvalue weighted by molar-refractivity contribution is 6.30. The molecule has 21 heavy (non-hydrogen) atoms. The molecule has 0 aliphatic carbocycles. The number of nitrogens with two attached hydrogens (primary N) is 1. The van der Waals surface area contributed by atoms with Crippen molar-refractivity contribution in [1.29, 1.82) is 0 Å². The first-order valence-corrected chi connectivity index (χ1v) is 7.17. The molecule has 1 aromatic heterocycles. The van der Waals surface area contributed by atoms with Crippen LogP contribution in [0.5, 0.6) is 0 Å². The second-order valence-electron chi connectivity index (χ2n) is 4.91. The Morgan fingerprint density at radius 2 is 2.14 bits per heavy atom. The Balaban J connectivity index is 2.02. The van der Waals surface area contributed by atoms with Crippen LogP contribution in [-0.2, 0) is 0 Å². The van der Waals surface area contributed by atoms with Gasteiger partial charge in [0.15, 0.2) is 5.49 Å². The molecular formula is C14H17ClN6. The summed E-state index contributed by atoms with van der Waals surface area (Å²) in [4.78, 5) is 9.11. The number of aromatic nitrogens is 2. The van der Waals surface area contributed by atoms with Gasteiger partial charge in [-0.2, -0.15) is 0 Å². The van der Waals surface area contributed by atoms with Gasteiger partial charge in [-0.05, 0) is 44.2 Å². The predicted molar refractivity (Wildman–Crippen MR) is 84.1 cm³/mol. The minimum atomic E-state index is 0.0727. The topological polar surface area (TPSA) is 80.3 Å². The van der Waals surface area contributed by atoms with Crippen molar-refractivity contribution in [2.45, 2.75) is 19.5 Å². The van der Waals surface area contributed by atoms with Gasteiger partial charge < -0.3 is 11.1 Å². The number of benzene rings is 1. The summed E-state index contributed by atoms with van der Waals surface area (Å²) in [6, 6.07) is 9.33. The maximum Gasteiger partial charge on any atom is 0.225 e. The van der Waals surface area contributed by atoms with Crippen molar-refractivity contribution in [3.05, 3.63) is 46.5 Å². The molecule has 0 saturated heterocycles. The third-order valence-corrected chi connectivity index (χ3v) is 3.43. The fourth-order valence-electron chi connectivity index (χ4n) is 2.21.